The van der Waals surface area contributed by atoms with E-state index in [4.69, 9.17) is 4.42 Å². The van der Waals surface area contributed by atoms with E-state index in [0.29, 0.717) is 12.3 Å². The zero-order chi connectivity index (χ0) is 13.7. The van der Waals surface area contributed by atoms with Crippen LogP contribution in [0.4, 0.5) is 0 Å². The number of nitrogens with zero attached hydrogens (tertiary/aromatic N) is 1. The van der Waals surface area contributed by atoms with Gasteiger partial charge >= 0.3 is 0 Å². The number of carbonyl (C=O) groups excluding carboxylic acids is 1. The van der Waals surface area contributed by atoms with E-state index in [2.05, 4.69) is 22.6 Å². The molecule has 0 fully saturated rings. The molecule has 3 nitrogen and oxygen atoms in total. The quantitative estimate of drug-likeness (QED) is 0.612. The third-order valence-electron chi connectivity index (χ3n) is 2.62. The third kappa shape index (κ3) is 4.24. The molecule has 2 aromatic rings. The Morgan fingerprint density at radius 2 is 2.00 bits per heavy atom. The zero-order valence-corrected chi connectivity index (χ0v) is 12.7. The van der Waals surface area contributed by atoms with Gasteiger partial charge in [0.2, 0.25) is 5.91 Å². The molecule has 0 N–H and O–H groups in total. The summed E-state index contributed by atoms with van der Waals surface area (Å²) < 4.78 is 6.17. The van der Waals surface area contributed by atoms with Crippen molar-refractivity contribution < 1.29 is 9.21 Å². The normalized spacial score (nSPS) is 10.8. The monoisotopic (exact) mass is 367 g/mol. The molecule has 1 aromatic heterocycles. The van der Waals surface area contributed by atoms with Gasteiger partial charge in [-0.05, 0) is 46.4 Å². The molecule has 0 radical (unpaired) electrons. The largest absolute Gasteiger partial charge is 0.451 e. The van der Waals surface area contributed by atoms with E-state index in [1.807, 2.05) is 42.5 Å². The molecule has 0 aliphatic heterocycles. The molecule has 0 atom stereocenters. The van der Waals surface area contributed by atoms with E-state index in [-0.39, 0.29) is 5.91 Å². The van der Waals surface area contributed by atoms with Crippen molar-refractivity contribution in [3.05, 3.63) is 63.6 Å². The Hall–Kier alpha value is -1.56. The van der Waals surface area contributed by atoms with Gasteiger partial charge in [0.15, 0.2) is 3.77 Å². The SMILES string of the molecule is CN(Cc1ccccc1)C(=O)C=Cc1ccc(I)o1. The van der Waals surface area contributed by atoms with Gasteiger partial charge in [-0.2, -0.15) is 0 Å². The molecule has 0 aliphatic rings. The molecule has 0 unspecified atom stereocenters. The van der Waals surface area contributed by atoms with Gasteiger partial charge in [-0.3, -0.25) is 4.79 Å². The van der Waals surface area contributed by atoms with Crippen molar-refractivity contribution in [1.82, 2.24) is 4.90 Å². The lowest BCUT2D eigenvalue weighted by Crippen LogP contribution is -2.23. The molecule has 2 rings (SSSR count). The van der Waals surface area contributed by atoms with Gasteiger partial charge in [-0.1, -0.05) is 30.3 Å². The fraction of sp³-hybridized carbons (Fsp3) is 0.133. The Labute approximate surface area is 126 Å². The van der Waals surface area contributed by atoms with Crippen LogP contribution in [0.1, 0.15) is 11.3 Å². The van der Waals surface area contributed by atoms with Crippen LogP contribution in [0.15, 0.2) is 53.0 Å². The van der Waals surface area contributed by atoms with Gasteiger partial charge in [-0.25, -0.2) is 0 Å². The maximum Gasteiger partial charge on any atom is 0.246 e. The Kier molecular flexibility index (Phi) is 4.79. The first-order chi connectivity index (χ1) is 9.15. The van der Waals surface area contributed by atoms with Gasteiger partial charge in [0.1, 0.15) is 5.76 Å². The molecule has 0 spiro atoms. The van der Waals surface area contributed by atoms with Crippen LogP contribution in [0.25, 0.3) is 6.08 Å². The van der Waals surface area contributed by atoms with Crippen LogP contribution in [0.3, 0.4) is 0 Å². The van der Waals surface area contributed by atoms with Crippen molar-refractivity contribution in [2.45, 2.75) is 6.54 Å². The highest BCUT2D eigenvalue weighted by Gasteiger charge is 2.05. The van der Waals surface area contributed by atoms with Crippen LogP contribution < -0.4 is 0 Å². The highest BCUT2D eigenvalue weighted by Crippen LogP contribution is 2.11. The van der Waals surface area contributed by atoms with Gasteiger partial charge in [0, 0.05) is 19.7 Å². The van der Waals surface area contributed by atoms with Crippen LogP contribution in [0.2, 0.25) is 0 Å². The fourth-order valence-electron chi connectivity index (χ4n) is 1.63. The molecule has 98 valence electrons. The molecular formula is C15H14INO2. The number of rotatable bonds is 4. The Morgan fingerprint density at radius 3 is 2.63 bits per heavy atom. The van der Waals surface area contributed by atoms with Crippen LogP contribution in [-0.4, -0.2) is 17.9 Å². The van der Waals surface area contributed by atoms with Gasteiger partial charge in [0.05, 0.1) is 0 Å². The van der Waals surface area contributed by atoms with Crippen molar-refractivity contribution in [2.24, 2.45) is 0 Å². The van der Waals surface area contributed by atoms with Crippen molar-refractivity contribution in [1.29, 1.82) is 0 Å². The predicted octanol–water partition coefficient (Wildman–Crippen LogP) is 3.56. The van der Waals surface area contributed by atoms with E-state index in [1.165, 1.54) is 6.08 Å². The van der Waals surface area contributed by atoms with E-state index in [0.717, 1.165) is 9.33 Å². The highest BCUT2D eigenvalue weighted by atomic mass is 127. The van der Waals surface area contributed by atoms with Gasteiger partial charge in [-0.15, -0.1) is 0 Å². The summed E-state index contributed by atoms with van der Waals surface area (Å²) in [5.74, 6) is 0.640. The highest BCUT2D eigenvalue weighted by molar-refractivity contribution is 14.1. The summed E-state index contributed by atoms with van der Waals surface area (Å²) in [6.45, 7) is 0.597. The van der Waals surface area contributed by atoms with Crippen LogP contribution >= 0.6 is 22.6 Å². The van der Waals surface area contributed by atoms with Gasteiger partial charge < -0.3 is 9.32 Å². The summed E-state index contributed by atoms with van der Waals surface area (Å²) in [6, 6.07) is 13.6. The van der Waals surface area contributed by atoms with Crippen LogP contribution in [0, 0.1) is 3.77 Å². The average molecular weight is 367 g/mol. The summed E-state index contributed by atoms with van der Waals surface area (Å²) in [5, 5.41) is 0. The molecule has 19 heavy (non-hydrogen) atoms. The minimum Gasteiger partial charge on any atom is -0.451 e. The number of furan rings is 1. The molecule has 0 aliphatic carbocycles. The maximum absolute atomic E-state index is 11.9. The molecular weight excluding hydrogens is 353 g/mol. The second-order valence-electron chi connectivity index (χ2n) is 4.16. The van der Waals surface area contributed by atoms with Crippen LogP contribution in [0.5, 0.6) is 0 Å². The summed E-state index contributed by atoms with van der Waals surface area (Å²) in [5.41, 5.74) is 1.11. The van der Waals surface area contributed by atoms with E-state index in [1.54, 1.807) is 18.0 Å². The topological polar surface area (TPSA) is 33.5 Å². The molecule has 1 aromatic carbocycles. The van der Waals surface area contributed by atoms with Crippen molar-refractivity contribution in [3.8, 4) is 0 Å². The molecule has 4 heteroatoms. The van der Waals surface area contributed by atoms with E-state index in [9.17, 15) is 4.79 Å². The number of likely N-dealkylation sites (N-methyl/N-ethyl adjacent to an activating group) is 1. The van der Waals surface area contributed by atoms with Crippen molar-refractivity contribution in [2.75, 3.05) is 7.05 Å². The first kappa shape index (κ1) is 13.9. The van der Waals surface area contributed by atoms with Gasteiger partial charge in [0.25, 0.3) is 0 Å². The molecule has 0 saturated carbocycles. The third-order valence-corrected chi connectivity index (χ3v) is 3.20. The zero-order valence-electron chi connectivity index (χ0n) is 10.5. The number of hydrogen-bond acceptors (Lipinski definition) is 2. The molecule has 0 saturated heterocycles. The summed E-state index contributed by atoms with van der Waals surface area (Å²) in [6.07, 6.45) is 3.21. The Bertz CT molecular complexity index is 575. The lowest BCUT2D eigenvalue weighted by atomic mass is 10.2. The Balaban J connectivity index is 1.94. The smallest absolute Gasteiger partial charge is 0.246 e. The minimum absolute atomic E-state index is 0.0461. The number of halogens is 1. The second kappa shape index (κ2) is 6.56. The maximum atomic E-state index is 11.9. The first-order valence-corrected chi connectivity index (χ1v) is 6.95. The predicted molar refractivity (Wildman–Crippen MR) is 83.4 cm³/mol. The fourth-order valence-corrected chi connectivity index (χ4v) is 2.07. The standard InChI is InChI=1S/C15H14INO2/c1-17(11-12-5-3-2-4-6-12)15(18)10-8-13-7-9-14(16)19-13/h2-10H,11H2,1H3. The van der Waals surface area contributed by atoms with Crippen molar-refractivity contribution in [3.63, 3.8) is 0 Å². The number of carbonyl (C=O) groups is 1. The van der Waals surface area contributed by atoms with Crippen molar-refractivity contribution >= 4 is 34.6 Å². The lowest BCUT2D eigenvalue weighted by molar-refractivity contribution is -0.125. The molecule has 1 heterocycles. The second-order valence-corrected chi connectivity index (χ2v) is 5.22. The number of hydrogen-bond donors (Lipinski definition) is 0. The number of benzene rings is 1. The van der Waals surface area contributed by atoms with E-state index >= 15 is 0 Å². The summed E-state index contributed by atoms with van der Waals surface area (Å²) in [4.78, 5) is 13.6. The average Bonchev–Trinajstić information content (AvgIpc) is 2.83. The minimum atomic E-state index is -0.0461. The Morgan fingerprint density at radius 1 is 1.26 bits per heavy atom. The number of amides is 1. The molecule has 1 amide bonds. The molecule has 0 bridgehead atoms. The van der Waals surface area contributed by atoms with E-state index < -0.39 is 0 Å². The van der Waals surface area contributed by atoms with Crippen LogP contribution in [-0.2, 0) is 11.3 Å². The summed E-state index contributed by atoms with van der Waals surface area (Å²) >= 11 is 2.09. The first-order valence-electron chi connectivity index (χ1n) is 5.87. The lowest BCUT2D eigenvalue weighted by Gasteiger charge is -2.14. The summed E-state index contributed by atoms with van der Waals surface area (Å²) in [7, 11) is 1.78.